The lowest BCUT2D eigenvalue weighted by atomic mass is 9.76. The van der Waals surface area contributed by atoms with Gasteiger partial charge in [0.1, 0.15) is 0 Å². The molecule has 1 fully saturated rings. The van der Waals surface area contributed by atoms with Gasteiger partial charge in [-0.25, -0.2) is 0 Å². The van der Waals surface area contributed by atoms with Crippen LogP contribution in [0.3, 0.4) is 0 Å². The third-order valence-corrected chi connectivity index (χ3v) is 2.85. The van der Waals surface area contributed by atoms with E-state index in [9.17, 15) is 5.11 Å². The molecule has 1 aliphatic carbocycles. The minimum Gasteiger partial charge on any atom is -0.389 e. The molecule has 0 heterocycles. The first-order chi connectivity index (χ1) is 5.73. The van der Waals surface area contributed by atoms with Gasteiger partial charge in [0.2, 0.25) is 0 Å². The summed E-state index contributed by atoms with van der Waals surface area (Å²) in [6.45, 7) is 7.44. The van der Waals surface area contributed by atoms with Crippen LogP contribution >= 0.6 is 0 Å². The lowest BCUT2D eigenvalue weighted by molar-refractivity contribution is -0.0184. The fourth-order valence-corrected chi connectivity index (χ4v) is 2.03. The van der Waals surface area contributed by atoms with Gasteiger partial charge in [0.25, 0.3) is 0 Å². The predicted octanol–water partition coefficient (Wildman–Crippen LogP) is 2.67. The van der Waals surface area contributed by atoms with Gasteiger partial charge in [-0.1, -0.05) is 31.4 Å². The van der Waals surface area contributed by atoms with Crippen molar-refractivity contribution in [1.82, 2.24) is 0 Å². The summed E-state index contributed by atoms with van der Waals surface area (Å²) < 4.78 is 0. The van der Waals surface area contributed by atoms with E-state index in [2.05, 4.69) is 13.2 Å². The molecule has 0 aromatic rings. The fraction of sp³-hybridized carbons (Fsp3) is 0.636. The zero-order valence-corrected chi connectivity index (χ0v) is 7.63. The van der Waals surface area contributed by atoms with E-state index in [1.807, 2.05) is 0 Å². The first-order valence-corrected chi connectivity index (χ1v) is 4.70. The zero-order chi connectivity index (χ0) is 9.03. The van der Waals surface area contributed by atoms with E-state index in [-0.39, 0.29) is 5.92 Å². The van der Waals surface area contributed by atoms with Gasteiger partial charge in [-0.3, -0.25) is 0 Å². The molecule has 0 amide bonds. The monoisotopic (exact) mass is 166 g/mol. The first-order valence-electron chi connectivity index (χ1n) is 4.70. The van der Waals surface area contributed by atoms with E-state index in [0.29, 0.717) is 0 Å². The molecular formula is C11H18O. The fourth-order valence-electron chi connectivity index (χ4n) is 2.03. The van der Waals surface area contributed by atoms with Crippen LogP contribution in [0.2, 0.25) is 0 Å². The lowest BCUT2D eigenvalue weighted by Gasteiger charge is -2.36. The summed E-state index contributed by atoms with van der Waals surface area (Å²) in [6, 6.07) is 0. The largest absolute Gasteiger partial charge is 0.389 e. The Morgan fingerprint density at radius 1 is 1.08 bits per heavy atom. The van der Waals surface area contributed by atoms with Crippen LogP contribution in [0.1, 0.15) is 32.1 Å². The maximum atomic E-state index is 10.2. The number of rotatable bonds is 3. The Labute approximate surface area is 74.8 Å². The molecular weight excluding hydrogens is 148 g/mol. The van der Waals surface area contributed by atoms with Crippen molar-refractivity contribution < 1.29 is 5.11 Å². The second-order valence-corrected chi connectivity index (χ2v) is 3.66. The van der Waals surface area contributed by atoms with Crippen LogP contribution in [0.15, 0.2) is 25.3 Å². The van der Waals surface area contributed by atoms with E-state index in [1.54, 1.807) is 12.2 Å². The van der Waals surface area contributed by atoms with Crippen LogP contribution in [-0.2, 0) is 0 Å². The first kappa shape index (κ1) is 9.53. The van der Waals surface area contributed by atoms with E-state index in [0.717, 1.165) is 25.7 Å². The van der Waals surface area contributed by atoms with Crippen molar-refractivity contribution in [2.75, 3.05) is 0 Å². The third kappa shape index (κ3) is 1.78. The number of aliphatic hydroxyl groups is 1. The van der Waals surface area contributed by atoms with Crippen molar-refractivity contribution >= 4 is 0 Å². The SMILES string of the molecule is C=CC(C=C)C1(O)CCCCC1. The molecule has 0 saturated heterocycles. The molecule has 0 aliphatic heterocycles. The van der Waals surface area contributed by atoms with Gasteiger partial charge in [-0.05, 0) is 12.8 Å². The van der Waals surface area contributed by atoms with Crippen molar-refractivity contribution in [1.29, 1.82) is 0 Å². The van der Waals surface area contributed by atoms with Gasteiger partial charge in [0.05, 0.1) is 5.60 Å². The van der Waals surface area contributed by atoms with Crippen LogP contribution in [0.25, 0.3) is 0 Å². The molecule has 1 saturated carbocycles. The van der Waals surface area contributed by atoms with E-state index in [4.69, 9.17) is 0 Å². The van der Waals surface area contributed by atoms with Crippen LogP contribution < -0.4 is 0 Å². The topological polar surface area (TPSA) is 20.2 Å². The normalized spacial score (nSPS) is 22.2. The molecule has 0 spiro atoms. The molecule has 0 radical (unpaired) electrons. The molecule has 0 bridgehead atoms. The Bertz CT molecular complexity index is 158. The minimum atomic E-state index is -0.540. The Morgan fingerprint density at radius 3 is 2.00 bits per heavy atom. The Kier molecular flexibility index (Phi) is 3.10. The van der Waals surface area contributed by atoms with Crippen LogP contribution in [0.4, 0.5) is 0 Å². The Morgan fingerprint density at radius 2 is 1.58 bits per heavy atom. The number of hydrogen-bond donors (Lipinski definition) is 1. The van der Waals surface area contributed by atoms with Crippen molar-refractivity contribution in [3.63, 3.8) is 0 Å². The molecule has 0 atom stereocenters. The molecule has 68 valence electrons. The van der Waals surface area contributed by atoms with Crippen LogP contribution in [0.5, 0.6) is 0 Å². The standard InChI is InChI=1S/C11H18O/c1-3-10(4-2)11(12)8-6-5-7-9-11/h3-4,10,12H,1-2,5-9H2. The maximum Gasteiger partial charge on any atom is 0.0744 e. The number of hydrogen-bond acceptors (Lipinski definition) is 1. The summed E-state index contributed by atoms with van der Waals surface area (Å²) in [7, 11) is 0. The third-order valence-electron chi connectivity index (χ3n) is 2.85. The maximum absolute atomic E-state index is 10.2. The molecule has 1 aliphatic rings. The van der Waals surface area contributed by atoms with Gasteiger partial charge in [-0.2, -0.15) is 0 Å². The van der Waals surface area contributed by atoms with Crippen molar-refractivity contribution in [3.05, 3.63) is 25.3 Å². The lowest BCUT2D eigenvalue weighted by Crippen LogP contribution is -2.37. The minimum absolute atomic E-state index is 0.0674. The van der Waals surface area contributed by atoms with Gasteiger partial charge in [0, 0.05) is 5.92 Å². The summed E-state index contributed by atoms with van der Waals surface area (Å²) in [5, 5.41) is 10.2. The highest BCUT2D eigenvalue weighted by atomic mass is 16.3. The van der Waals surface area contributed by atoms with E-state index in [1.165, 1.54) is 6.42 Å². The highest BCUT2D eigenvalue weighted by Gasteiger charge is 2.34. The van der Waals surface area contributed by atoms with Gasteiger partial charge < -0.3 is 5.11 Å². The Balaban J connectivity index is 2.65. The molecule has 1 heteroatoms. The summed E-state index contributed by atoms with van der Waals surface area (Å²) in [5.41, 5.74) is -0.540. The van der Waals surface area contributed by atoms with Crippen molar-refractivity contribution in [3.8, 4) is 0 Å². The van der Waals surface area contributed by atoms with Gasteiger partial charge >= 0.3 is 0 Å². The van der Waals surface area contributed by atoms with Crippen molar-refractivity contribution in [2.24, 2.45) is 5.92 Å². The molecule has 0 unspecified atom stereocenters. The average molecular weight is 166 g/mol. The molecule has 0 aromatic carbocycles. The highest BCUT2D eigenvalue weighted by Crippen LogP contribution is 2.35. The second-order valence-electron chi connectivity index (χ2n) is 3.66. The molecule has 12 heavy (non-hydrogen) atoms. The predicted molar refractivity (Wildman–Crippen MR) is 51.9 cm³/mol. The quantitative estimate of drug-likeness (QED) is 0.639. The van der Waals surface area contributed by atoms with Gasteiger partial charge in [-0.15, -0.1) is 13.2 Å². The molecule has 0 aromatic heterocycles. The second kappa shape index (κ2) is 3.90. The van der Waals surface area contributed by atoms with E-state index < -0.39 is 5.60 Å². The highest BCUT2D eigenvalue weighted by molar-refractivity contribution is 5.05. The molecule has 1 nitrogen and oxygen atoms in total. The summed E-state index contributed by atoms with van der Waals surface area (Å²) in [5.74, 6) is 0.0674. The van der Waals surface area contributed by atoms with Crippen LogP contribution in [0, 0.1) is 5.92 Å². The summed E-state index contributed by atoms with van der Waals surface area (Å²) in [4.78, 5) is 0. The summed E-state index contributed by atoms with van der Waals surface area (Å²) >= 11 is 0. The van der Waals surface area contributed by atoms with Crippen LogP contribution in [-0.4, -0.2) is 10.7 Å². The van der Waals surface area contributed by atoms with Gasteiger partial charge in [0.15, 0.2) is 0 Å². The zero-order valence-electron chi connectivity index (χ0n) is 7.63. The van der Waals surface area contributed by atoms with E-state index >= 15 is 0 Å². The smallest absolute Gasteiger partial charge is 0.0744 e. The molecule has 1 rings (SSSR count). The average Bonchev–Trinajstić information content (AvgIpc) is 2.07. The molecule has 1 N–H and O–H groups in total. The van der Waals surface area contributed by atoms with Crippen molar-refractivity contribution in [2.45, 2.75) is 37.7 Å². The Hall–Kier alpha value is -0.560. The summed E-state index contributed by atoms with van der Waals surface area (Å²) in [6.07, 6.45) is 8.93.